The quantitative estimate of drug-likeness (QED) is 0.596. The molecular weight excluding hydrogens is 443 g/mol. The van der Waals surface area contributed by atoms with Crippen molar-refractivity contribution in [3.63, 3.8) is 0 Å². The minimum Gasteiger partial charge on any atom is -0.353 e. The predicted molar refractivity (Wildman–Crippen MR) is 117 cm³/mol. The zero-order chi connectivity index (χ0) is 22.2. The average Bonchev–Trinajstić information content (AvgIpc) is 2.77. The highest BCUT2D eigenvalue weighted by molar-refractivity contribution is 7.89. The number of anilines is 1. The van der Waals surface area contributed by atoms with E-state index in [-0.39, 0.29) is 23.5 Å². The molecule has 2 aromatic carbocycles. The number of sulfonamides is 1. The van der Waals surface area contributed by atoms with Crippen molar-refractivity contribution in [2.45, 2.75) is 11.8 Å². The lowest BCUT2D eigenvalue weighted by Crippen LogP contribution is -2.49. The first-order valence-electron chi connectivity index (χ1n) is 9.64. The van der Waals surface area contributed by atoms with Crippen molar-refractivity contribution < 1.29 is 12.8 Å². The van der Waals surface area contributed by atoms with E-state index in [2.05, 4.69) is 5.10 Å². The Morgan fingerprint density at radius 1 is 0.968 bits per heavy atom. The summed E-state index contributed by atoms with van der Waals surface area (Å²) in [5.74, 6) is 0.139. The smallest absolute Gasteiger partial charge is 0.271 e. The Bertz CT molecular complexity index is 1270. The maximum atomic E-state index is 13.2. The molecule has 0 atom stereocenters. The van der Waals surface area contributed by atoms with Crippen LogP contribution in [0.5, 0.6) is 0 Å². The zero-order valence-electron chi connectivity index (χ0n) is 16.7. The van der Waals surface area contributed by atoms with Crippen molar-refractivity contribution in [3.8, 4) is 5.69 Å². The van der Waals surface area contributed by atoms with Gasteiger partial charge in [-0.1, -0.05) is 17.7 Å². The van der Waals surface area contributed by atoms with Crippen LogP contribution < -0.4 is 10.5 Å². The SMILES string of the molecule is Cc1c(Cl)cccc1S(=O)(=O)N1CCN(c2ccc(=O)n(-c3ccc(F)cc3)n2)CC1. The van der Waals surface area contributed by atoms with Gasteiger partial charge in [0.25, 0.3) is 5.56 Å². The van der Waals surface area contributed by atoms with Crippen molar-refractivity contribution >= 4 is 27.4 Å². The fourth-order valence-electron chi connectivity index (χ4n) is 3.50. The van der Waals surface area contributed by atoms with E-state index in [9.17, 15) is 17.6 Å². The van der Waals surface area contributed by atoms with E-state index in [4.69, 9.17) is 11.6 Å². The van der Waals surface area contributed by atoms with Crippen molar-refractivity contribution in [1.29, 1.82) is 0 Å². The molecule has 162 valence electrons. The van der Waals surface area contributed by atoms with E-state index >= 15 is 0 Å². The van der Waals surface area contributed by atoms with E-state index in [1.165, 1.54) is 39.3 Å². The first-order chi connectivity index (χ1) is 14.8. The van der Waals surface area contributed by atoms with Gasteiger partial charge < -0.3 is 4.90 Å². The summed E-state index contributed by atoms with van der Waals surface area (Å²) in [5.41, 5.74) is 0.638. The number of hydrogen-bond donors (Lipinski definition) is 0. The Kier molecular flexibility index (Phi) is 5.83. The molecule has 0 aliphatic carbocycles. The highest BCUT2D eigenvalue weighted by Gasteiger charge is 2.30. The molecule has 4 rings (SSSR count). The van der Waals surface area contributed by atoms with Gasteiger partial charge in [-0.15, -0.1) is 5.10 Å². The van der Waals surface area contributed by atoms with Gasteiger partial charge in [0, 0.05) is 37.3 Å². The molecule has 0 radical (unpaired) electrons. The van der Waals surface area contributed by atoms with Crippen LogP contribution in [0.3, 0.4) is 0 Å². The van der Waals surface area contributed by atoms with Crippen LogP contribution in [0.15, 0.2) is 64.3 Å². The van der Waals surface area contributed by atoms with Crippen molar-refractivity contribution in [2.75, 3.05) is 31.1 Å². The second-order valence-electron chi connectivity index (χ2n) is 7.17. The molecule has 1 saturated heterocycles. The number of nitrogens with zero attached hydrogens (tertiary/aromatic N) is 4. The van der Waals surface area contributed by atoms with Crippen LogP contribution in [0, 0.1) is 12.7 Å². The molecule has 0 bridgehead atoms. The molecule has 0 N–H and O–H groups in total. The van der Waals surface area contributed by atoms with E-state index in [1.807, 2.05) is 4.90 Å². The van der Waals surface area contributed by atoms with E-state index < -0.39 is 15.8 Å². The third-order valence-electron chi connectivity index (χ3n) is 5.26. The van der Waals surface area contributed by atoms with Crippen molar-refractivity contribution in [3.05, 3.63) is 81.4 Å². The average molecular weight is 463 g/mol. The molecule has 1 aliphatic rings. The number of hydrogen-bond acceptors (Lipinski definition) is 5. The third kappa shape index (κ3) is 4.21. The lowest BCUT2D eigenvalue weighted by molar-refractivity contribution is 0.383. The van der Waals surface area contributed by atoms with Gasteiger partial charge in [-0.25, -0.2) is 12.8 Å². The monoisotopic (exact) mass is 462 g/mol. The summed E-state index contributed by atoms with van der Waals surface area (Å²) in [6.45, 7) is 3.05. The lowest BCUT2D eigenvalue weighted by Gasteiger charge is -2.35. The number of halogens is 2. The van der Waals surface area contributed by atoms with Gasteiger partial charge in [0.15, 0.2) is 0 Å². The van der Waals surface area contributed by atoms with Gasteiger partial charge in [0.05, 0.1) is 10.6 Å². The number of piperazine rings is 1. The largest absolute Gasteiger partial charge is 0.353 e. The van der Waals surface area contributed by atoms with Gasteiger partial charge in [-0.3, -0.25) is 4.79 Å². The standard InChI is InChI=1S/C21H20ClFN4O3S/c1-15-18(22)3-2-4-19(15)31(29,30)26-13-11-25(12-14-26)20-9-10-21(28)27(24-20)17-7-5-16(23)6-8-17/h2-10H,11-14H2,1H3. The van der Waals surface area contributed by atoms with E-state index in [1.54, 1.807) is 31.2 Å². The molecule has 10 heteroatoms. The maximum absolute atomic E-state index is 13.2. The topological polar surface area (TPSA) is 75.5 Å². The fourth-order valence-corrected chi connectivity index (χ4v) is 5.40. The lowest BCUT2D eigenvalue weighted by atomic mass is 10.2. The van der Waals surface area contributed by atoms with Crippen LogP contribution in [0.4, 0.5) is 10.2 Å². The molecule has 1 aliphatic heterocycles. The minimum absolute atomic E-state index is 0.205. The third-order valence-corrected chi connectivity index (χ3v) is 7.71. The highest BCUT2D eigenvalue weighted by Crippen LogP contribution is 2.26. The second-order valence-corrected chi connectivity index (χ2v) is 9.49. The highest BCUT2D eigenvalue weighted by atomic mass is 35.5. The number of rotatable bonds is 4. The maximum Gasteiger partial charge on any atom is 0.271 e. The van der Waals surface area contributed by atoms with Gasteiger partial charge >= 0.3 is 0 Å². The van der Waals surface area contributed by atoms with Crippen molar-refractivity contribution in [1.82, 2.24) is 14.1 Å². The zero-order valence-corrected chi connectivity index (χ0v) is 18.3. The number of benzene rings is 2. The Hall–Kier alpha value is -2.75. The summed E-state index contributed by atoms with van der Waals surface area (Å²) in [6.07, 6.45) is 0. The molecule has 0 amide bonds. The van der Waals surface area contributed by atoms with Gasteiger partial charge in [0.2, 0.25) is 10.0 Å². The molecule has 31 heavy (non-hydrogen) atoms. The van der Waals surface area contributed by atoms with Crippen LogP contribution in [0.2, 0.25) is 5.02 Å². The normalized spacial score (nSPS) is 15.3. The van der Waals surface area contributed by atoms with Gasteiger partial charge in [-0.2, -0.15) is 8.99 Å². The molecule has 1 aromatic heterocycles. The van der Waals surface area contributed by atoms with Crippen LogP contribution in [0.25, 0.3) is 5.69 Å². The Morgan fingerprint density at radius 2 is 1.65 bits per heavy atom. The Balaban J connectivity index is 1.54. The Morgan fingerprint density at radius 3 is 2.32 bits per heavy atom. The van der Waals surface area contributed by atoms with Crippen LogP contribution in [-0.4, -0.2) is 48.7 Å². The van der Waals surface area contributed by atoms with Crippen LogP contribution >= 0.6 is 11.6 Å². The van der Waals surface area contributed by atoms with Crippen LogP contribution in [0.1, 0.15) is 5.56 Å². The molecule has 2 heterocycles. The second kappa shape index (κ2) is 8.41. The van der Waals surface area contributed by atoms with Gasteiger partial charge in [-0.05, 0) is 55.0 Å². The Labute approximate surface area is 184 Å². The number of aromatic nitrogens is 2. The summed E-state index contributed by atoms with van der Waals surface area (Å²) >= 11 is 6.10. The molecule has 0 unspecified atom stereocenters. The summed E-state index contributed by atoms with van der Waals surface area (Å²) in [5, 5.41) is 4.80. The molecule has 1 fully saturated rings. The van der Waals surface area contributed by atoms with Gasteiger partial charge in [0.1, 0.15) is 11.6 Å². The summed E-state index contributed by atoms with van der Waals surface area (Å²) < 4.78 is 42.0. The molecule has 0 spiro atoms. The predicted octanol–water partition coefficient (Wildman–Crippen LogP) is 2.84. The minimum atomic E-state index is -3.67. The molecule has 7 nitrogen and oxygen atoms in total. The fraction of sp³-hybridized carbons (Fsp3) is 0.238. The molecular formula is C21H20ClFN4O3S. The first kappa shape index (κ1) is 21.5. The van der Waals surface area contributed by atoms with Crippen molar-refractivity contribution in [2.24, 2.45) is 0 Å². The summed E-state index contributed by atoms with van der Waals surface area (Å²) in [7, 11) is -3.67. The molecule has 0 saturated carbocycles. The summed E-state index contributed by atoms with van der Waals surface area (Å²) in [6, 6.07) is 13.3. The first-order valence-corrected chi connectivity index (χ1v) is 11.5. The molecule has 3 aromatic rings. The summed E-state index contributed by atoms with van der Waals surface area (Å²) in [4.78, 5) is 14.3. The van der Waals surface area contributed by atoms with E-state index in [0.29, 0.717) is 35.2 Å². The van der Waals surface area contributed by atoms with Crippen LogP contribution in [-0.2, 0) is 10.0 Å². The van der Waals surface area contributed by atoms with E-state index in [0.717, 1.165) is 0 Å².